The number of hydrogen-bond acceptors (Lipinski definition) is 3. The molecule has 0 amide bonds. The maximum Gasteiger partial charge on any atom is 0.0956 e. The Kier molecular flexibility index (Phi) is 5.47. The molecule has 2 heterocycles. The maximum atomic E-state index is 9.19. The number of nitrogens with zero attached hydrogens (tertiary/aromatic N) is 3. The molecule has 1 aromatic heterocycles. The van der Waals surface area contributed by atoms with Crippen molar-refractivity contribution in [2.45, 2.75) is 38.6 Å². The van der Waals surface area contributed by atoms with Crippen LogP contribution in [0.15, 0.2) is 36.7 Å². The molecule has 1 N–H and O–H groups in total. The minimum atomic E-state index is 0.226. The van der Waals surface area contributed by atoms with Gasteiger partial charge in [0.05, 0.1) is 12.0 Å². The molecule has 1 atom stereocenters. The number of piperidine rings is 1. The van der Waals surface area contributed by atoms with Gasteiger partial charge in [0, 0.05) is 36.9 Å². The molecule has 0 saturated carbocycles. The van der Waals surface area contributed by atoms with Crippen molar-refractivity contribution in [3.8, 4) is 11.3 Å². The van der Waals surface area contributed by atoms with Crippen LogP contribution in [0.5, 0.6) is 0 Å². The van der Waals surface area contributed by atoms with Crippen LogP contribution in [-0.4, -0.2) is 45.8 Å². The molecule has 2 aromatic rings. The first-order chi connectivity index (χ1) is 11.3. The largest absolute Gasteiger partial charge is 0.396 e. The van der Waals surface area contributed by atoms with Gasteiger partial charge in [-0.3, -0.25) is 0 Å². The van der Waals surface area contributed by atoms with Crippen molar-refractivity contribution in [3.63, 3.8) is 0 Å². The number of imidazole rings is 1. The quantitative estimate of drug-likeness (QED) is 0.891. The third kappa shape index (κ3) is 3.65. The van der Waals surface area contributed by atoms with Crippen LogP contribution >= 0.6 is 0 Å². The van der Waals surface area contributed by atoms with Crippen LogP contribution < -0.4 is 0 Å². The highest BCUT2D eigenvalue weighted by molar-refractivity contribution is 5.62. The number of likely N-dealkylation sites (N-methyl/N-ethyl adjacent to an activating group) is 1. The monoisotopic (exact) mass is 313 g/mol. The lowest BCUT2D eigenvalue weighted by molar-refractivity contribution is 0.213. The molecule has 23 heavy (non-hydrogen) atoms. The summed E-state index contributed by atoms with van der Waals surface area (Å²) in [5, 5.41) is 9.19. The maximum absolute atomic E-state index is 9.19. The van der Waals surface area contributed by atoms with Crippen LogP contribution in [0.25, 0.3) is 11.3 Å². The van der Waals surface area contributed by atoms with Crippen LogP contribution in [0.4, 0.5) is 0 Å². The fourth-order valence-electron chi connectivity index (χ4n) is 3.62. The second-order valence-electron chi connectivity index (χ2n) is 6.35. The van der Waals surface area contributed by atoms with Crippen molar-refractivity contribution >= 4 is 0 Å². The Morgan fingerprint density at radius 1 is 1.26 bits per heavy atom. The van der Waals surface area contributed by atoms with Crippen LogP contribution in [0.2, 0.25) is 0 Å². The molecule has 0 unspecified atom stereocenters. The second-order valence-corrected chi connectivity index (χ2v) is 6.35. The summed E-state index contributed by atoms with van der Waals surface area (Å²) < 4.78 is 2.27. The Bertz CT molecular complexity index is 608. The molecule has 1 aromatic carbocycles. The second kappa shape index (κ2) is 7.75. The van der Waals surface area contributed by atoms with Gasteiger partial charge >= 0.3 is 0 Å². The molecule has 4 heteroatoms. The Labute approximate surface area is 138 Å². The Morgan fingerprint density at radius 2 is 2.09 bits per heavy atom. The topological polar surface area (TPSA) is 41.3 Å². The lowest BCUT2D eigenvalue weighted by atomic mass is 9.91. The first-order valence-corrected chi connectivity index (χ1v) is 8.77. The van der Waals surface area contributed by atoms with E-state index in [0.717, 1.165) is 31.7 Å². The lowest BCUT2D eigenvalue weighted by Gasteiger charge is -2.32. The summed E-state index contributed by atoms with van der Waals surface area (Å²) in [5.74, 6) is 0.528. The Morgan fingerprint density at radius 3 is 2.83 bits per heavy atom. The number of aliphatic hydroxyl groups is 1. The molecule has 0 bridgehead atoms. The molecule has 1 fully saturated rings. The zero-order valence-corrected chi connectivity index (χ0v) is 14.0. The van der Waals surface area contributed by atoms with E-state index in [1.165, 1.54) is 30.6 Å². The number of likely N-dealkylation sites (tertiary alicyclic amines) is 1. The number of aliphatic hydroxyl groups excluding tert-OH is 1. The van der Waals surface area contributed by atoms with Gasteiger partial charge in [0.15, 0.2) is 0 Å². The summed E-state index contributed by atoms with van der Waals surface area (Å²) in [6.07, 6.45) is 5.21. The molecule has 1 aliphatic heterocycles. The molecule has 0 aliphatic carbocycles. The normalized spacial score (nSPS) is 19.1. The van der Waals surface area contributed by atoms with Crippen LogP contribution in [0, 0.1) is 0 Å². The number of aryl methyl sites for hydroxylation is 1. The van der Waals surface area contributed by atoms with E-state index in [2.05, 4.69) is 40.7 Å². The highest BCUT2D eigenvalue weighted by atomic mass is 16.3. The van der Waals surface area contributed by atoms with Crippen LogP contribution in [0.1, 0.15) is 37.8 Å². The third-order valence-corrected chi connectivity index (χ3v) is 4.82. The van der Waals surface area contributed by atoms with Crippen molar-refractivity contribution in [3.05, 3.63) is 42.4 Å². The first kappa shape index (κ1) is 16.2. The van der Waals surface area contributed by atoms with Crippen molar-refractivity contribution in [2.24, 2.45) is 0 Å². The van der Waals surface area contributed by atoms with Gasteiger partial charge in [-0.2, -0.15) is 0 Å². The van der Waals surface area contributed by atoms with E-state index >= 15 is 0 Å². The number of rotatable bonds is 6. The fourth-order valence-corrected chi connectivity index (χ4v) is 3.62. The van der Waals surface area contributed by atoms with E-state index in [4.69, 9.17) is 4.98 Å². The predicted molar refractivity (Wildman–Crippen MR) is 93.5 cm³/mol. The van der Waals surface area contributed by atoms with E-state index in [1.54, 1.807) is 0 Å². The standard InChI is InChI=1S/C19H27N3O/c1-2-21-11-6-10-17(14-21)19-18(16-8-4-3-5-9-16)20-15-22(19)12-7-13-23/h3-5,8-9,15,17,23H,2,6-7,10-14H2,1H3/t17-/m0/s1. The highest BCUT2D eigenvalue weighted by Gasteiger charge is 2.26. The summed E-state index contributed by atoms with van der Waals surface area (Å²) in [6, 6.07) is 10.5. The minimum absolute atomic E-state index is 0.226. The summed E-state index contributed by atoms with van der Waals surface area (Å²) >= 11 is 0. The van der Waals surface area contributed by atoms with Gasteiger partial charge in [-0.15, -0.1) is 0 Å². The van der Waals surface area contributed by atoms with Gasteiger partial charge in [-0.05, 0) is 32.4 Å². The molecule has 1 saturated heterocycles. The minimum Gasteiger partial charge on any atom is -0.396 e. The van der Waals surface area contributed by atoms with Crippen molar-refractivity contribution in [1.29, 1.82) is 0 Å². The van der Waals surface area contributed by atoms with Gasteiger partial charge in [-0.1, -0.05) is 37.3 Å². The predicted octanol–water partition coefficient (Wildman–Crippen LogP) is 3.13. The first-order valence-electron chi connectivity index (χ1n) is 8.77. The molecular formula is C19H27N3O. The smallest absolute Gasteiger partial charge is 0.0956 e. The average Bonchev–Trinajstić information content (AvgIpc) is 3.04. The number of aromatic nitrogens is 2. The SMILES string of the molecule is CCN1CCC[C@H](c2c(-c3ccccc3)ncn2CCCO)C1. The van der Waals surface area contributed by atoms with Gasteiger partial charge in [0.25, 0.3) is 0 Å². The number of benzene rings is 1. The van der Waals surface area contributed by atoms with E-state index in [1.807, 2.05) is 12.4 Å². The molecule has 0 radical (unpaired) electrons. The van der Waals surface area contributed by atoms with E-state index < -0.39 is 0 Å². The van der Waals surface area contributed by atoms with Crippen molar-refractivity contribution < 1.29 is 5.11 Å². The van der Waals surface area contributed by atoms with E-state index in [0.29, 0.717) is 5.92 Å². The molecule has 1 aliphatic rings. The van der Waals surface area contributed by atoms with Gasteiger partial charge in [-0.25, -0.2) is 4.98 Å². The van der Waals surface area contributed by atoms with Gasteiger partial charge < -0.3 is 14.6 Å². The average molecular weight is 313 g/mol. The molecule has 4 nitrogen and oxygen atoms in total. The number of hydrogen-bond donors (Lipinski definition) is 1. The van der Waals surface area contributed by atoms with Gasteiger partial charge in [0.2, 0.25) is 0 Å². The third-order valence-electron chi connectivity index (χ3n) is 4.82. The zero-order chi connectivity index (χ0) is 16.1. The fraction of sp³-hybridized carbons (Fsp3) is 0.526. The van der Waals surface area contributed by atoms with Gasteiger partial charge in [0.1, 0.15) is 0 Å². The summed E-state index contributed by atoms with van der Waals surface area (Å²) in [4.78, 5) is 7.26. The van der Waals surface area contributed by atoms with E-state index in [9.17, 15) is 5.11 Å². The Hall–Kier alpha value is -1.65. The Balaban J connectivity index is 1.95. The summed E-state index contributed by atoms with van der Waals surface area (Å²) in [6.45, 7) is 6.74. The zero-order valence-electron chi connectivity index (χ0n) is 14.0. The lowest BCUT2D eigenvalue weighted by Crippen LogP contribution is -2.35. The molecule has 0 spiro atoms. The molecule has 124 valence electrons. The molecular weight excluding hydrogens is 286 g/mol. The van der Waals surface area contributed by atoms with Crippen molar-refractivity contribution in [1.82, 2.24) is 14.5 Å². The van der Waals surface area contributed by atoms with Crippen LogP contribution in [-0.2, 0) is 6.54 Å². The highest BCUT2D eigenvalue weighted by Crippen LogP contribution is 2.34. The summed E-state index contributed by atoms with van der Waals surface area (Å²) in [5.41, 5.74) is 3.66. The van der Waals surface area contributed by atoms with Crippen molar-refractivity contribution in [2.75, 3.05) is 26.2 Å². The molecule has 3 rings (SSSR count). The summed E-state index contributed by atoms with van der Waals surface area (Å²) in [7, 11) is 0. The van der Waals surface area contributed by atoms with Crippen LogP contribution in [0.3, 0.4) is 0 Å². The van der Waals surface area contributed by atoms with E-state index in [-0.39, 0.29) is 6.61 Å².